The first-order chi connectivity index (χ1) is 14.7. The fraction of sp³-hybridized carbons (Fsp3) is 0.450. The molecule has 1 aromatic rings. The maximum atomic E-state index is 12.3. The zero-order chi connectivity index (χ0) is 23.1. The zero-order valence-electron chi connectivity index (χ0n) is 17.3. The number of carbonyl (C=O) groups excluding carboxylic acids is 5. The van der Waals surface area contributed by atoms with Gasteiger partial charge in [0.2, 0.25) is 12.4 Å². The molecule has 0 aliphatic carbocycles. The third-order valence-electron chi connectivity index (χ3n) is 4.10. The molecule has 1 fully saturated rings. The van der Waals surface area contributed by atoms with E-state index >= 15 is 0 Å². The number of rotatable bonds is 7. The highest BCUT2D eigenvalue weighted by Crippen LogP contribution is 2.31. The fourth-order valence-corrected chi connectivity index (χ4v) is 2.93. The van der Waals surface area contributed by atoms with Crippen molar-refractivity contribution in [1.82, 2.24) is 0 Å². The van der Waals surface area contributed by atoms with Crippen LogP contribution < -0.4 is 4.74 Å². The summed E-state index contributed by atoms with van der Waals surface area (Å²) in [6, 6.07) is 5.83. The van der Waals surface area contributed by atoms with Crippen molar-refractivity contribution in [3.8, 4) is 5.75 Å². The number of methoxy groups -OCH3 is 1. The standard InChI is InChI=1S/C20H22O11/c1-10(22)27-15-16(28-11(2)23)18(29-12(3)24)20(31-17(15)19(25)26-4)30-14-7-5-13(9-21)6-8-14/h5-9,15-18,20H,1-4H3/t15-,16-,17-,18+,20?/m0/s1. The van der Waals surface area contributed by atoms with Crippen LogP contribution in [0.5, 0.6) is 5.75 Å². The van der Waals surface area contributed by atoms with E-state index < -0.39 is 54.6 Å². The van der Waals surface area contributed by atoms with E-state index in [1.807, 2.05) is 0 Å². The third kappa shape index (κ3) is 6.25. The summed E-state index contributed by atoms with van der Waals surface area (Å²) in [6.07, 6.45) is -6.69. The molecule has 0 saturated carbocycles. The lowest BCUT2D eigenvalue weighted by Crippen LogP contribution is -2.64. The van der Waals surface area contributed by atoms with Crippen molar-refractivity contribution in [3.63, 3.8) is 0 Å². The molecule has 0 aromatic heterocycles. The molecule has 11 heteroatoms. The molecule has 1 aromatic carbocycles. The van der Waals surface area contributed by atoms with Crippen LogP contribution in [0, 0.1) is 0 Å². The Hall–Kier alpha value is -3.47. The van der Waals surface area contributed by atoms with Crippen LogP contribution in [0.3, 0.4) is 0 Å². The number of aldehydes is 1. The van der Waals surface area contributed by atoms with Gasteiger partial charge in [0, 0.05) is 26.3 Å². The molecule has 1 heterocycles. The van der Waals surface area contributed by atoms with Crippen LogP contribution >= 0.6 is 0 Å². The van der Waals surface area contributed by atoms with Crippen molar-refractivity contribution in [1.29, 1.82) is 0 Å². The van der Waals surface area contributed by atoms with E-state index in [0.717, 1.165) is 27.9 Å². The molecule has 0 bridgehead atoms. The Morgan fingerprint density at radius 2 is 1.35 bits per heavy atom. The summed E-state index contributed by atoms with van der Waals surface area (Å²) in [5.74, 6) is -3.10. The molecule has 0 amide bonds. The van der Waals surface area contributed by atoms with Crippen molar-refractivity contribution < 1.29 is 52.4 Å². The predicted molar refractivity (Wildman–Crippen MR) is 99.8 cm³/mol. The number of benzene rings is 1. The topological polar surface area (TPSA) is 141 Å². The molecule has 0 radical (unpaired) electrons. The Morgan fingerprint density at radius 3 is 1.84 bits per heavy atom. The first-order valence-corrected chi connectivity index (χ1v) is 9.13. The predicted octanol–water partition coefficient (Wildman–Crippen LogP) is 0.571. The largest absolute Gasteiger partial charge is 0.467 e. The molecular weight excluding hydrogens is 416 g/mol. The van der Waals surface area contributed by atoms with Gasteiger partial charge in [0.05, 0.1) is 7.11 Å². The highest BCUT2D eigenvalue weighted by atomic mass is 16.7. The molecule has 31 heavy (non-hydrogen) atoms. The summed E-state index contributed by atoms with van der Waals surface area (Å²) in [5.41, 5.74) is 0.383. The van der Waals surface area contributed by atoms with E-state index in [1.165, 1.54) is 24.3 Å². The van der Waals surface area contributed by atoms with Gasteiger partial charge in [-0.2, -0.15) is 0 Å². The Kier molecular flexibility index (Phi) is 8.08. The molecule has 1 aliphatic heterocycles. The van der Waals surface area contributed by atoms with E-state index in [4.69, 9.17) is 28.4 Å². The third-order valence-corrected chi connectivity index (χ3v) is 4.10. The molecule has 0 N–H and O–H groups in total. The number of ether oxygens (including phenoxy) is 6. The normalized spacial score (nSPS) is 25.0. The summed E-state index contributed by atoms with van der Waals surface area (Å²) in [7, 11) is 1.09. The lowest BCUT2D eigenvalue weighted by molar-refractivity contribution is -0.282. The van der Waals surface area contributed by atoms with Crippen LogP contribution in [-0.4, -0.2) is 68.0 Å². The van der Waals surface area contributed by atoms with Crippen molar-refractivity contribution in [2.45, 2.75) is 51.5 Å². The van der Waals surface area contributed by atoms with Crippen molar-refractivity contribution in [2.75, 3.05) is 7.11 Å². The van der Waals surface area contributed by atoms with Gasteiger partial charge in [0.1, 0.15) is 12.0 Å². The van der Waals surface area contributed by atoms with E-state index in [0.29, 0.717) is 11.8 Å². The highest BCUT2D eigenvalue weighted by Gasteiger charge is 2.55. The molecule has 5 atom stereocenters. The lowest BCUT2D eigenvalue weighted by atomic mass is 9.97. The maximum Gasteiger partial charge on any atom is 0.339 e. The van der Waals surface area contributed by atoms with Crippen molar-refractivity contribution >= 4 is 30.2 Å². The minimum Gasteiger partial charge on any atom is -0.467 e. The number of hydrogen-bond donors (Lipinski definition) is 0. The van der Waals surface area contributed by atoms with E-state index in [1.54, 1.807) is 0 Å². The number of hydrogen-bond acceptors (Lipinski definition) is 11. The van der Waals surface area contributed by atoms with Gasteiger partial charge < -0.3 is 28.4 Å². The Bertz CT molecular complexity index is 832. The monoisotopic (exact) mass is 438 g/mol. The molecule has 1 saturated heterocycles. The molecule has 11 nitrogen and oxygen atoms in total. The smallest absolute Gasteiger partial charge is 0.339 e. The average Bonchev–Trinajstić information content (AvgIpc) is 2.71. The van der Waals surface area contributed by atoms with E-state index in [-0.39, 0.29) is 5.75 Å². The number of esters is 4. The molecule has 1 unspecified atom stereocenters. The second kappa shape index (κ2) is 10.5. The SMILES string of the molecule is COC(=O)[C@H]1OC(Oc2ccc(C=O)cc2)[C@H](OC(C)=O)[C@@H](OC(C)=O)[C@@H]1OC(C)=O. The molecular formula is C20H22O11. The van der Waals surface area contributed by atoms with Crippen molar-refractivity contribution in [2.24, 2.45) is 0 Å². The average molecular weight is 438 g/mol. The van der Waals surface area contributed by atoms with Gasteiger partial charge in [-0.1, -0.05) is 0 Å². The van der Waals surface area contributed by atoms with Crippen LogP contribution in [0.1, 0.15) is 31.1 Å². The van der Waals surface area contributed by atoms with Gasteiger partial charge >= 0.3 is 23.9 Å². The van der Waals surface area contributed by atoms with E-state index in [9.17, 15) is 24.0 Å². The summed E-state index contributed by atoms with van der Waals surface area (Å²) in [6.45, 7) is 3.28. The lowest BCUT2D eigenvalue weighted by Gasteiger charge is -2.43. The first kappa shape index (κ1) is 23.8. The van der Waals surface area contributed by atoms with Crippen molar-refractivity contribution in [3.05, 3.63) is 29.8 Å². The summed E-state index contributed by atoms with van der Waals surface area (Å²) >= 11 is 0. The highest BCUT2D eigenvalue weighted by molar-refractivity contribution is 5.77. The minimum absolute atomic E-state index is 0.198. The quantitative estimate of drug-likeness (QED) is 0.335. The second-order valence-electron chi connectivity index (χ2n) is 6.48. The summed E-state index contributed by atoms with van der Waals surface area (Å²) in [4.78, 5) is 58.2. The summed E-state index contributed by atoms with van der Waals surface area (Å²) < 4.78 is 31.7. The second-order valence-corrected chi connectivity index (χ2v) is 6.48. The first-order valence-electron chi connectivity index (χ1n) is 9.13. The minimum atomic E-state index is -1.55. The molecule has 0 spiro atoms. The van der Waals surface area contributed by atoms with Crippen LogP contribution in [0.25, 0.3) is 0 Å². The fourth-order valence-electron chi connectivity index (χ4n) is 2.93. The molecule has 168 valence electrons. The van der Waals surface area contributed by atoms with Gasteiger partial charge in [0.25, 0.3) is 0 Å². The maximum absolute atomic E-state index is 12.3. The van der Waals surface area contributed by atoms with Gasteiger partial charge in [-0.15, -0.1) is 0 Å². The van der Waals surface area contributed by atoms with Gasteiger partial charge in [-0.05, 0) is 24.3 Å². The van der Waals surface area contributed by atoms with Gasteiger partial charge in [0.15, 0.2) is 18.3 Å². The molecule has 2 rings (SSSR count). The summed E-state index contributed by atoms with van der Waals surface area (Å²) in [5, 5.41) is 0. The Morgan fingerprint density at radius 1 is 0.839 bits per heavy atom. The van der Waals surface area contributed by atoms with Crippen LogP contribution in [0.4, 0.5) is 0 Å². The Balaban J connectivity index is 2.47. The van der Waals surface area contributed by atoms with Gasteiger partial charge in [-0.3, -0.25) is 19.2 Å². The van der Waals surface area contributed by atoms with Gasteiger partial charge in [-0.25, -0.2) is 4.79 Å². The zero-order valence-corrected chi connectivity index (χ0v) is 17.3. The van der Waals surface area contributed by atoms with E-state index in [2.05, 4.69) is 0 Å². The molecule has 1 aliphatic rings. The van der Waals surface area contributed by atoms with Crippen LogP contribution in [0.15, 0.2) is 24.3 Å². The van der Waals surface area contributed by atoms with Crippen LogP contribution in [0.2, 0.25) is 0 Å². The van der Waals surface area contributed by atoms with Crippen LogP contribution in [-0.2, 0) is 42.9 Å². The number of carbonyl (C=O) groups is 5. The Labute approximate surface area is 177 Å².